The van der Waals surface area contributed by atoms with E-state index in [2.05, 4.69) is 4.72 Å². The van der Waals surface area contributed by atoms with Gasteiger partial charge < -0.3 is 0 Å². The van der Waals surface area contributed by atoms with Crippen LogP contribution in [0.5, 0.6) is 0 Å². The van der Waals surface area contributed by atoms with Crippen LogP contribution in [0.1, 0.15) is 32.8 Å². The van der Waals surface area contributed by atoms with Gasteiger partial charge in [-0.25, -0.2) is 9.11 Å². The maximum atomic E-state index is 13.8. The molecule has 1 atom stereocenters. The summed E-state index contributed by atoms with van der Waals surface area (Å²) in [5, 5.41) is 0. The summed E-state index contributed by atoms with van der Waals surface area (Å²) in [6, 6.07) is 8.84. The van der Waals surface area contributed by atoms with Crippen LogP contribution in [-0.2, 0) is 16.8 Å². The molecule has 4 nitrogen and oxygen atoms in total. The molecular weight excluding hydrogens is 279 g/mol. The van der Waals surface area contributed by atoms with Crippen LogP contribution >= 0.6 is 0 Å². The number of alkyl halides is 1. The van der Waals surface area contributed by atoms with Gasteiger partial charge in [0.15, 0.2) is 0 Å². The second kappa shape index (κ2) is 6.65. The summed E-state index contributed by atoms with van der Waals surface area (Å²) in [5.74, 6) is 0. The highest BCUT2D eigenvalue weighted by Crippen LogP contribution is 2.22. The number of halogens is 1. The van der Waals surface area contributed by atoms with Gasteiger partial charge in [0.05, 0.1) is 0 Å². The molecule has 1 rings (SSSR count). The fraction of sp³-hybridized carbons (Fsp3) is 0.571. The Labute approximate surface area is 121 Å². The second-order valence-corrected chi connectivity index (χ2v) is 7.34. The van der Waals surface area contributed by atoms with Crippen molar-refractivity contribution in [3.8, 4) is 0 Å². The third kappa shape index (κ3) is 5.19. The third-order valence-electron chi connectivity index (χ3n) is 3.02. The van der Waals surface area contributed by atoms with Gasteiger partial charge in [-0.3, -0.25) is 0 Å². The van der Waals surface area contributed by atoms with E-state index in [4.69, 9.17) is 0 Å². The van der Waals surface area contributed by atoms with Gasteiger partial charge in [-0.1, -0.05) is 30.3 Å². The topological polar surface area (TPSA) is 49.4 Å². The van der Waals surface area contributed by atoms with Gasteiger partial charge in [0, 0.05) is 19.6 Å². The maximum Gasteiger partial charge on any atom is 0.279 e. The molecule has 1 aromatic rings. The van der Waals surface area contributed by atoms with E-state index in [0.717, 1.165) is 5.56 Å². The van der Waals surface area contributed by atoms with Crippen molar-refractivity contribution in [2.24, 2.45) is 0 Å². The molecule has 0 aromatic heterocycles. The molecule has 0 heterocycles. The molecule has 1 unspecified atom stereocenters. The van der Waals surface area contributed by atoms with Crippen molar-refractivity contribution in [3.05, 3.63) is 35.9 Å². The summed E-state index contributed by atoms with van der Waals surface area (Å²) < 4.78 is 41.6. The van der Waals surface area contributed by atoms with E-state index in [1.165, 1.54) is 25.2 Å². The monoisotopic (exact) mass is 302 g/mol. The lowest BCUT2D eigenvalue weighted by molar-refractivity contribution is 0.155. The van der Waals surface area contributed by atoms with Gasteiger partial charge in [-0.05, 0) is 32.8 Å². The highest BCUT2D eigenvalue weighted by Gasteiger charge is 2.30. The molecule has 20 heavy (non-hydrogen) atoms. The molecule has 0 aliphatic rings. The summed E-state index contributed by atoms with van der Waals surface area (Å²) in [5.41, 5.74) is -0.549. The molecule has 1 N–H and O–H groups in total. The van der Waals surface area contributed by atoms with Crippen molar-refractivity contribution in [2.45, 2.75) is 45.4 Å². The summed E-state index contributed by atoms with van der Waals surface area (Å²) in [6.45, 7) is 4.85. The van der Waals surface area contributed by atoms with Crippen LogP contribution < -0.4 is 4.72 Å². The van der Waals surface area contributed by atoms with Crippen LogP contribution in [0, 0.1) is 0 Å². The van der Waals surface area contributed by atoms with Crippen LogP contribution in [-0.4, -0.2) is 31.5 Å². The summed E-state index contributed by atoms with van der Waals surface area (Å²) in [4.78, 5) is 0. The summed E-state index contributed by atoms with van der Waals surface area (Å²) >= 11 is 0. The van der Waals surface area contributed by atoms with Crippen LogP contribution in [0.4, 0.5) is 4.39 Å². The number of hydrogen-bond donors (Lipinski definition) is 1. The van der Waals surface area contributed by atoms with Crippen LogP contribution in [0.25, 0.3) is 0 Å². The Morgan fingerprint density at radius 2 is 1.85 bits per heavy atom. The van der Waals surface area contributed by atoms with Gasteiger partial charge in [-0.2, -0.15) is 12.7 Å². The van der Waals surface area contributed by atoms with E-state index in [1.807, 2.05) is 30.3 Å². The van der Waals surface area contributed by atoms with Crippen molar-refractivity contribution < 1.29 is 12.8 Å². The average Bonchev–Trinajstić information content (AvgIpc) is 2.35. The van der Waals surface area contributed by atoms with Gasteiger partial charge in [0.2, 0.25) is 0 Å². The lowest BCUT2D eigenvalue weighted by Gasteiger charge is -2.30. The molecule has 114 valence electrons. The quantitative estimate of drug-likeness (QED) is 0.841. The van der Waals surface area contributed by atoms with Crippen LogP contribution in [0.3, 0.4) is 0 Å². The predicted molar refractivity (Wildman–Crippen MR) is 79.2 cm³/mol. The molecule has 0 spiro atoms. The first-order valence-corrected chi connectivity index (χ1v) is 8.03. The second-order valence-electron chi connectivity index (χ2n) is 5.51. The van der Waals surface area contributed by atoms with Crippen molar-refractivity contribution in [1.29, 1.82) is 0 Å². The third-order valence-corrected chi connectivity index (χ3v) is 4.64. The smallest absolute Gasteiger partial charge is 0.244 e. The van der Waals surface area contributed by atoms with Crippen LogP contribution in [0.15, 0.2) is 30.3 Å². The average molecular weight is 302 g/mol. The Morgan fingerprint density at radius 1 is 1.30 bits per heavy atom. The number of nitrogens with zero attached hydrogens (tertiary/aromatic N) is 1. The number of hydrogen-bond acceptors (Lipinski definition) is 2. The standard InChI is InChI=1S/C14H23FN2O2S/c1-12(10-14(2,3)15)17(20(18,19)16-4)11-13-8-6-5-7-9-13/h5-9,12,16H,10-11H2,1-4H3. The van der Waals surface area contributed by atoms with E-state index in [9.17, 15) is 12.8 Å². The van der Waals surface area contributed by atoms with Crippen molar-refractivity contribution in [1.82, 2.24) is 9.03 Å². The summed E-state index contributed by atoms with van der Waals surface area (Å²) in [7, 11) is -2.25. The fourth-order valence-corrected chi connectivity index (χ4v) is 3.26. The lowest BCUT2D eigenvalue weighted by Crippen LogP contribution is -2.45. The molecule has 0 aliphatic carbocycles. The largest absolute Gasteiger partial charge is 0.279 e. The van der Waals surface area contributed by atoms with E-state index in [1.54, 1.807) is 6.92 Å². The molecule has 0 saturated heterocycles. The Hall–Kier alpha value is -0.980. The zero-order valence-electron chi connectivity index (χ0n) is 12.4. The Kier molecular flexibility index (Phi) is 5.68. The highest BCUT2D eigenvalue weighted by molar-refractivity contribution is 7.87. The molecule has 0 aliphatic heterocycles. The lowest BCUT2D eigenvalue weighted by atomic mass is 10.0. The van der Waals surface area contributed by atoms with Gasteiger partial charge in [-0.15, -0.1) is 0 Å². The van der Waals surface area contributed by atoms with Crippen molar-refractivity contribution in [3.63, 3.8) is 0 Å². The molecule has 6 heteroatoms. The number of nitrogens with one attached hydrogen (secondary N) is 1. The van der Waals surface area contributed by atoms with Gasteiger partial charge in [0.25, 0.3) is 10.2 Å². The molecule has 0 bridgehead atoms. The minimum atomic E-state index is -3.61. The molecule has 1 aromatic carbocycles. The Bertz CT molecular complexity index is 512. The van der Waals surface area contributed by atoms with Crippen molar-refractivity contribution in [2.75, 3.05) is 7.05 Å². The van der Waals surface area contributed by atoms with Gasteiger partial charge >= 0.3 is 0 Å². The SMILES string of the molecule is CNS(=O)(=O)N(Cc1ccccc1)C(C)CC(C)(C)F. The maximum absolute atomic E-state index is 13.8. The van der Waals surface area contributed by atoms with E-state index in [0.29, 0.717) is 0 Å². The van der Waals surface area contributed by atoms with Crippen molar-refractivity contribution >= 4 is 10.2 Å². The molecule has 0 amide bonds. The summed E-state index contributed by atoms with van der Waals surface area (Å²) in [6.07, 6.45) is 0.140. The van der Waals surface area contributed by atoms with E-state index in [-0.39, 0.29) is 13.0 Å². The number of benzene rings is 1. The minimum absolute atomic E-state index is 0.140. The normalized spacial score (nSPS) is 14.5. The van der Waals surface area contributed by atoms with Gasteiger partial charge in [0.1, 0.15) is 5.67 Å². The first-order chi connectivity index (χ1) is 9.15. The predicted octanol–water partition coefficient (Wildman–Crippen LogP) is 2.48. The zero-order valence-corrected chi connectivity index (χ0v) is 13.2. The Balaban J connectivity index is 2.98. The van der Waals surface area contributed by atoms with E-state index >= 15 is 0 Å². The first-order valence-electron chi connectivity index (χ1n) is 6.59. The van der Waals surface area contributed by atoms with E-state index < -0.39 is 21.9 Å². The first kappa shape index (κ1) is 17.1. The molecule has 0 radical (unpaired) electrons. The zero-order chi connectivity index (χ0) is 15.4. The fourth-order valence-electron chi connectivity index (χ4n) is 2.16. The minimum Gasteiger partial charge on any atom is -0.244 e. The molecule has 0 fully saturated rings. The molecular formula is C14H23FN2O2S. The number of rotatable bonds is 7. The molecule has 0 saturated carbocycles. The Morgan fingerprint density at radius 3 is 2.30 bits per heavy atom. The van der Waals surface area contributed by atoms with Crippen LogP contribution in [0.2, 0.25) is 0 Å². The highest BCUT2D eigenvalue weighted by atomic mass is 32.2.